The average Bonchev–Trinajstić information content (AvgIpc) is 2.01. The van der Waals surface area contributed by atoms with Crippen LogP contribution in [0.2, 0.25) is 0 Å². The number of hydrogen-bond donors (Lipinski definition) is 1. The minimum atomic E-state index is -4.00. The molecule has 0 saturated carbocycles. The second-order valence-corrected chi connectivity index (χ2v) is 4.50. The zero-order valence-corrected chi connectivity index (χ0v) is 7.83. The van der Waals surface area contributed by atoms with Crippen LogP contribution in [-0.2, 0) is 14.9 Å². The van der Waals surface area contributed by atoms with Crippen LogP contribution in [0.4, 0.5) is 4.48 Å². The minimum Gasteiger partial charge on any atom is -0.378 e. The van der Waals surface area contributed by atoms with E-state index in [0.29, 0.717) is 11.7 Å². The number of halogens is 1. The van der Waals surface area contributed by atoms with Gasteiger partial charge < -0.3 is 4.74 Å². The second kappa shape index (κ2) is 4.32. The standard InChI is InChI=1S/C6H12FNO4S/c7-8-2-3-12-5-6(8)1-4-13(9,10)11/h6H,1-5H2,(H,9,10,11). The first kappa shape index (κ1) is 10.8. The van der Waals surface area contributed by atoms with Crippen molar-refractivity contribution in [1.29, 1.82) is 0 Å². The van der Waals surface area contributed by atoms with E-state index in [1.807, 2.05) is 0 Å². The van der Waals surface area contributed by atoms with E-state index in [1.165, 1.54) is 0 Å². The van der Waals surface area contributed by atoms with Crippen molar-refractivity contribution in [2.24, 2.45) is 0 Å². The summed E-state index contributed by atoms with van der Waals surface area (Å²) in [5, 5.41) is 0.550. The largest absolute Gasteiger partial charge is 0.378 e. The quantitative estimate of drug-likeness (QED) is 0.521. The Labute approximate surface area is 76.2 Å². The fourth-order valence-corrected chi connectivity index (χ4v) is 1.71. The van der Waals surface area contributed by atoms with Crippen molar-refractivity contribution in [2.75, 3.05) is 25.5 Å². The van der Waals surface area contributed by atoms with Gasteiger partial charge in [0, 0.05) is 0 Å². The summed E-state index contributed by atoms with van der Waals surface area (Å²) < 4.78 is 47.0. The zero-order chi connectivity index (χ0) is 9.90. The van der Waals surface area contributed by atoms with Crippen LogP contribution >= 0.6 is 0 Å². The van der Waals surface area contributed by atoms with Crippen LogP contribution in [0, 0.1) is 0 Å². The Bertz CT molecular complexity index is 255. The van der Waals surface area contributed by atoms with E-state index in [1.54, 1.807) is 0 Å². The van der Waals surface area contributed by atoms with Crippen molar-refractivity contribution in [1.82, 2.24) is 5.12 Å². The Morgan fingerprint density at radius 2 is 2.31 bits per heavy atom. The van der Waals surface area contributed by atoms with Crippen LogP contribution in [0.3, 0.4) is 0 Å². The summed E-state index contributed by atoms with van der Waals surface area (Å²) in [5.41, 5.74) is 0. The molecule has 13 heavy (non-hydrogen) atoms. The summed E-state index contributed by atoms with van der Waals surface area (Å²) >= 11 is 0. The molecule has 1 fully saturated rings. The molecule has 5 nitrogen and oxygen atoms in total. The lowest BCUT2D eigenvalue weighted by atomic mass is 10.2. The molecule has 1 rings (SSSR count). The zero-order valence-electron chi connectivity index (χ0n) is 7.02. The van der Waals surface area contributed by atoms with Crippen LogP contribution in [0.5, 0.6) is 0 Å². The van der Waals surface area contributed by atoms with E-state index in [0.717, 1.165) is 0 Å². The average molecular weight is 213 g/mol. The van der Waals surface area contributed by atoms with E-state index in [9.17, 15) is 12.9 Å². The predicted octanol–water partition coefficient (Wildman–Crippen LogP) is -0.150. The van der Waals surface area contributed by atoms with Gasteiger partial charge in [-0.05, 0) is 6.42 Å². The first-order chi connectivity index (χ1) is 5.99. The summed E-state index contributed by atoms with van der Waals surface area (Å²) in [6.07, 6.45) is 0.0509. The molecule has 0 aromatic heterocycles. The maximum Gasteiger partial charge on any atom is 0.264 e. The molecule has 1 aliphatic heterocycles. The second-order valence-electron chi connectivity index (χ2n) is 2.93. The van der Waals surface area contributed by atoms with Gasteiger partial charge in [-0.1, -0.05) is 0 Å². The molecule has 0 spiro atoms. The minimum absolute atomic E-state index is 0.0509. The molecule has 1 unspecified atom stereocenters. The number of rotatable bonds is 3. The van der Waals surface area contributed by atoms with Gasteiger partial charge in [0.05, 0.1) is 31.6 Å². The fourth-order valence-electron chi connectivity index (χ4n) is 1.14. The Morgan fingerprint density at radius 3 is 2.85 bits per heavy atom. The molecule has 1 aliphatic rings. The highest BCUT2D eigenvalue weighted by Crippen LogP contribution is 2.11. The van der Waals surface area contributed by atoms with Gasteiger partial charge in [0.2, 0.25) is 0 Å². The van der Waals surface area contributed by atoms with Crippen molar-refractivity contribution >= 4 is 10.1 Å². The summed E-state index contributed by atoms with van der Waals surface area (Å²) in [4.78, 5) is 0. The highest BCUT2D eigenvalue weighted by molar-refractivity contribution is 7.85. The van der Waals surface area contributed by atoms with Gasteiger partial charge in [-0.25, -0.2) is 0 Å². The summed E-state index contributed by atoms with van der Waals surface area (Å²) in [6, 6.07) is -0.560. The van der Waals surface area contributed by atoms with Crippen LogP contribution in [0.25, 0.3) is 0 Å². The summed E-state index contributed by atoms with van der Waals surface area (Å²) in [5.74, 6) is -0.429. The van der Waals surface area contributed by atoms with Crippen LogP contribution in [0.15, 0.2) is 0 Å². The van der Waals surface area contributed by atoms with E-state index in [2.05, 4.69) is 0 Å². The van der Waals surface area contributed by atoms with Crippen LogP contribution in [-0.4, -0.2) is 49.6 Å². The third-order valence-electron chi connectivity index (χ3n) is 1.86. The molecule has 0 radical (unpaired) electrons. The highest BCUT2D eigenvalue weighted by Gasteiger charge is 2.24. The number of morpholine rings is 1. The third-order valence-corrected chi connectivity index (χ3v) is 2.62. The van der Waals surface area contributed by atoms with E-state index < -0.39 is 21.9 Å². The molecule has 0 aliphatic carbocycles. The van der Waals surface area contributed by atoms with E-state index >= 15 is 0 Å². The normalized spacial score (nSPS) is 26.2. The number of ether oxygens (including phenoxy) is 1. The summed E-state index contributed by atoms with van der Waals surface area (Å²) in [7, 11) is -4.00. The molecular formula is C6H12FNO4S. The molecule has 1 saturated heterocycles. The molecule has 1 N–H and O–H groups in total. The van der Waals surface area contributed by atoms with Gasteiger partial charge in [-0.2, -0.15) is 8.42 Å². The van der Waals surface area contributed by atoms with Gasteiger partial charge in [-0.15, -0.1) is 9.60 Å². The monoisotopic (exact) mass is 213 g/mol. The fraction of sp³-hybridized carbons (Fsp3) is 1.00. The van der Waals surface area contributed by atoms with Crippen molar-refractivity contribution in [2.45, 2.75) is 12.5 Å². The van der Waals surface area contributed by atoms with Crippen molar-refractivity contribution in [3.05, 3.63) is 0 Å². The van der Waals surface area contributed by atoms with Gasteiger partial charge in [0.1, 0.15) is 0 Å². The van der Waals surface area contributed by atoms with Crippen LogP contribution in [0.1, 0.15) is 6.42 Å². The van der Waals surface area contributed by atoms with Gasteiger partial charge in [0.15, 0.2) is 0 Å². The third kappa shape index (κ3) is 3.99. The molecule has 0 amide bonds. The summed E-state index contributed by atoms with van der Waals surface area (Å²) in [6.45, 7) is 0.640. The topological polar surface area (TPSA) is 66.8 Å². The number of hydrogen-bond acceptors (Lipinski definition) is 4. The van der Waals surface area contributed by atoms with E-state index in [-0.39, 0.29) is 19.6 Å². The van der Waals surface area contributed by atoms with Gasteiger partial charge in [-0.3, -0.25) is 4.55 Å². The molecule has 1 heterocycles. The molecule has 0 bridgehead atoms. The van der Waals surface area contributed by atoms with Gasteiger partial charge >= 0.3 is 0 Å². The lowest BCUT2D eigenvalue weighted by molar-refractivity contribution is -0.111. The molecule has 7 heteroatoms. The first-order valence-electron chi connectivity index (χ1n) is 3.94. The van der Waals surface area contributed by atoms with Crippen molar-refractivity contribution in [3.63, 3.8) is 0 Å². The Morgan fingerprint density at radius 1 is 1.62 bits per heavy atom. The first-order valence-corrected chi connectivity index (χ1v) is 5.55. The lowest BCUT2D eigenvalue weighted by Crippen LogP contribution is -2.41. The highest BCUT2D eigenvalue weighted by atomic mass is 32.2. The van der Waals surface area contributed by atoms with Crippen molar-refractivity contribution in [3.8, 4) is 0 Å². The molecular weight excluding hydrogens is 201 g/mol. The SMILES string of the molecule is O=S(=O)(O)CCC1COCCN1F. The maximum absolute atomic E-state index is 12.9. The molecule has 0 aromatic carbocycles. The molecule has 0 aromatic rings. The Hall–Kier alpha value is -0.240. The Kier molecular flexibility index (Phi) is 3.60. The van der Waals surface area contributed by atoms with Crippen LogP contribution < -0.4 is 0 Å². The molecule has 78 valence electrons. The number of nitrogens with zero attached hydrogens (tertiary/aromatic N) is 1. The maximum atomic E-state index is 12.9. The smallest absolute Gasteiger partial charge is 0.264 e. The molecule has 1 atom stereocenters. The van der Waals surface area contributed by atoms with E-state index in [4.69, 9.17) is 9.29 Å². The lowest BCUT2D eigenvalue weighted by Gasteiger charge is -2.27. The van der Waals surface area contributed by atoms with Gasteiger partial charge in [0.25, 0.3) is 10.1 Å². The van der Waals surface area contributed by atoms with Crippen molar-refractivity contribution < 1.29 is 22.2 Å². The Balaban J connectivity index is 2.35. The predicted molar refractivity (Wildman–Crippen MR) is 43.5 cm³/mol.